The molecule has 0 spiro atoms. The Morgan fingerprint density at radius 3 is 2.10 bits per heavy atom. The summed E-state index contributed by atoms with van der Waals surface area (Å²) in [5.74, 6) is 7.51. The Kier molecular flexibility index (Phi) is 8.85. The highest BCUT2D eigenvalue weighted by atomic mass is 16.5. The average molecular weight is 399 g/mol. The molecule has 0 radical (unpaired) electrons. The van der Waals surface area contributed by atoms with Crippen LogP contribution in [0.4, 0.5) is 0 Å². The quantitative estimate of drug-likeness (QED) is 0.249. The first-order valence-corrected chi connectivity index (χ1v) is 11.6. The topological polar surface area (TPSA) is 9.23 Å². The van der Waals surface area contributed by atoms with Gasteiger partial charge in [0.15, 0.2) is 0 Å². The van der Waals surface area contributed by atoms with Crippen LogP contribution in [-0.4, -0.2) is 6.61 Å². The van der Waals surface area contributed by atoms with Crippen LogP contribution in [0, 0.1) is 11.8 Å². The van der Waals surface area contributed by atoms with E-state index >= 15 is 0 Å². The first-order chi connectivity index (χ1) is 14.8. The molecule has 3 aromatic carbocycles. The molecule has 0 fully saturated rings. The molecule has 0 N–H and O–H groups in total. The Labute approximate surface area is 182 Å². The molecule has 0 heterocycles. The standard InChI is InChI=1S/C29H34O/c1-3-5-7-9-21-30-29-19-15-24(16-20-29)11-12-26-14-18-27-22-25(10-8-6-4-2)13-17-28(27)23-26/h13-20,22-23H,3-10,21H2,1-2H3. The molecule has 156 valence electrons. The summed E-state index contributed by atoms with van der Waals surface area (Å²) in [6.45, 7) is 5.27. The maximum atomic E-state index is 5.81. The highest BCUT2D eigenvalue weighted by Crippen LogP contribution is 2.19. The summed E-state index contributed by atoms with van der Waals surface area (Å²) in [6.07, 6.45) is 9.92. The SMILES string of the molecule is CCCCCCOc1ccc(C#Cc2ccc3cc(CCCCC)ccc3c2)cc1. The predicted octanol–water partition coefficient (Wildman–Crippen LogP) is 7.93. The highest BCUT2D eigenvalue weighted by molar-refractivity contribution is 5.84. The van der Waals surface area contributed by atoms with E-state index in [9.17, 15) is 0 Å². The van der Waals surface area contributed by atoms with Crippen molar-refractivity contribution in [3.05, 3.63) is 77.4 Å². The normalized spacial score (nSPS) is 10.6. The summed E-state index contributed by atoms with van der Waals surface area (Å²) in [7, 11) is 0. The molecule has 0 amide bonds. The molecule has 0 saturated heterocycles. The van der Waals surface area contributed by atoms with Crippen molar-refractivity contribution in [1.29, 1.82) is 0 Å². The molecule has 0 bridgehead atoms. The lowest BCUT2D eigenvalue weighted by molar-refractivity contribution is 0.305. The van der Waals surface area contributed by atoms with Crippen molar-refractivity contribution in [2.24, 2.45) is 0 Å². The second-order valence-corrected chi connectivity index (χ2v) is 8.04. The largest absolute Gasteiger partial charge is 0.494 e. The fraction of sp³-hybridized carbons (Fsp3) is 0.379. The van der Waals surface area contributed by atoms with Gasteiger partial charge >= 0.3 is 0 Å². The first-order valence-electron chi connectivity index (χ1n) is 11.6. The lowest BCUT2D eigenvalue weighted by Gasteiger charge is -2.05. The number of benzene rings is 3. The maximum Gasteiger partial charge on any atom is 0.119 e. The van der Waals surface area contributed by atoms with Gasteiger partial charge in [-0.15, -0.1) is 0 Å². The van der Waals surface area contributed by atoms with Gasteiger partial charge in [-0.2, -0.15) is 0 Å². The molecule has 0 atom stereocenters. The fourth-order valence-electron chi connectivity index (χ4n) is 3.61. The van der Waals surface area contributed by atoms with E-state index in [0.717, 1.165) is 29.9 Å². The van der Waals surface area contributed by atoms with Crippen molar-refractivity contribution >= 4 is 10.8 Å². The van der Waals surface area contributed by atoms with Crippen molar-refractivity contribution in [3.63, 3.8) is 0 Å². The Balaban J connectivity index is 1.59. The number of ether oxygens (including phenoxy) is 1. The Morgan fingerprint density at radius 2 is 1.30 bits per heavy atom. The zero-order valence-electron chi connectivity index (χ0n) is 18.5. The van der Waals surface area contributed by atoms with E-state index in [1.165, 1.54) is 61.3 Å². The van der Waals surface area contributed by atoms with Gasteiger partial charge in [-0.05, 0) is 72.0 Å². The zero-order chi connectivity index (χ0) is 21.0. The van der Waals surface area contributed by atoms with Gasteiger partial charge in [0, 0.05) is 11.1 Å². The fourth-order valence-corrected chi connectivity index (χ4v) is 3.61. The summed E-state index contributed by atoms with van der Waals surface area (Å²) in [5.41, 5.74) is 3.50. The third-order valence-corrected chi connectivity index (χ3v) is 5.45. The number of unbranched alkanes of at least 4 members (excludes halogenated alkanes) is 5. The van der Waals surface area contributed by atoms with E-state index in [2.05, 4.69) is 62.1 Å². The minimum absolute atomic E-state index is 0.794. The molecular formula is C29H34O. The van der Waals surface area contributed by atoms with Crippen LogP contribution in [0.2, 0.25) is 0 Å². The molecule has 1 heteroatoms. The van der Waals surface area contributed by atoms with Crippen LogP contribution in [-0.2, 0) is 6.42 Å². The van der Waals surface area contributed by atoms with Gasteiger partial charge in [-0.3, -0.25) is 0 Å². The molecule has 1 nitrogen and oxygen atoms in total. The molecule has 0 aromatic heterocycles. The van der Waals surface area contributed by atoms with Crippen molar-refractivity contribution in [1.82, 2.24) is 0 Å². The van der Waals surface area contributed by atoms with Gasteiger partial charge in [-0.1, -0.05) is 82.1 Å². The van der Waals surface area contributed by atoms with Crippen LogP contribution < -0.4 is 4.74 Å². The highest BCUT2D eigenvalue weighted by Gasteiger charge is 1.99. The second kappa shape index (κ2) is 12.1. The number of hydrogen-bond donors (Lipinski definition) is 0. The summed E-state index contributed by atoms with van der Waals surface area (Å²) in [6, 6.07) is 21.4. The first kappa shape index (κ1) is 22.0. The van der Waals surface area contributed by atoms with E-state index in [-0.39, 0.29) is 0 Å². The lowest BCUT2D eigenvalue weighted by atomic mass is 10.0. The van der Waals surface area contributed by atoms with E-state index in [1.54, 1.807) is 0 Å². The minimum atomic E-state index is 0.794. The Bertz CT molecular complexity index is 973. The van der Waals surface area contributed by atoms with Gasteiger partial charge in [0.25, 0.3) is 0 Å². The van der Waals surface area contributed by atoms with Gasteiger partial charge in [0.2, 0.25) is 0 Å². The van der Waals surface area contributed by atoms with Gasteiger partial charge < -0.3 is 4.74 Å². The molecule has 0 aliphatic rings. The molecule has 0 unspecified atom stereocenters. The number of rotatable bonds is 10. The molecule has 0 aliphatic heterocycles. The molecule has 0 aliphatic carbocycles. The smallest absolute Gasteiger partial charge is 0.119 e. The molecule has 0 saturated carbocycles. The van der Waals surface area contributed by atoms with Crippen LogP contribution in [0.25, 0.3) is 10.8 Å². The van der Waals surface area contributed by atoms with Gasteiger partial charge in [-0.25, -0.2) is 0 Å². The van der Waals surface area contributed by atoms with E-state index < -0.39 is 0 Å². The monoisotopic (exact) mass is 398 g/mol. The van der Waals surface area contributed by atoms with Crippen molar-refractivity contribution in [3.8, 4) is 17.6 Å². The molecule has 3 rings (SSSR count). The molecular weight excluding hydrogens is 364 g/mol. The third kappa shape index (κ3) is 6.96. The predicted molar refractivity (Wildman–Crippen MR) is 129 cm³/mol. The lowest BCUT2D eigenvalue weighted by Crippen LogP contribution is -1.96. The number of aryl methyl sites for hydroxylation is 1. The second-order valence-electron chi connectivity index (χ2n) is 8.04. The summed E-state index contributed by atoms with van der Waals surface area (Å²) in [4.78, 5) is 0. The van der Waals surface area contributed by atoms with Crippen LogP contribution in [0.15, 0.2) is 60.7 Å². The van der Waals surface area contributed by atoms with Crippen molar-refractivity contribution in [2.75, 3.05) is 6.61 Å². The van der Waals surface area contributed by atoms with Crippen LogP contribution in [0.5, 0.6) is 5.75 Å². The van der Waals surface area contributed by atoms with Crippen molar-refractivity contribution in [2.45, 2.75) is 65.2 Å². The Hall–Kier alpha value is -2.72. The van der Waals surface area contributed by atoms with Crippen LogP contribution in [0.1, 0.15) is 75.5 Å². The van der Waals surface area contributed by atoms with E-state index in [4.69, 9.17) is 4.74 Å². The Morgan fingerprint density at radius 1 is 0.633 bits per heavy atom. The van der Waals surface area contributed by atoms with Crippen LogP contribution >= 0.6 is 0 Å². The maximum absolute atomic E-state index is 5.81. The summed E-state index contributed by atoms with van der Waals surface area (Å²) in [5, 5.41) is 2.56. The average Bonchev–Trinajstić information content (AvgIpc) is 2.78. The van der Waals surface area contributed by atoms with Crippen LogP contribution in [0.3, 0.4) is 0 Å². The summed E-state index contributed by atoms with van der Waals surface area (Å²) < 4.78 is 5.81. The minimum Gasteiger partial charge on any atom is -0.494 e. The number of hydrogen-bond acceptors (Lipinski definition) is 1. The molecule has 30 heavy (non-hydrogen) atoms. The zero-order valence-corrected chi connectivity index (χ0v) is 18.5. The van der Waals surface area contributed by atoms with E-state index in [0.29, 0.717) is 0 Å². The molecule has 3 aromatic rings. The van der Waals surface area contributed by atoms with E-state index in [1.807, 2.05) is 24.3 Å². The van der Waals surface area contributed by atoms with Gasteiger partial charge in [0.05, 0.1) is 6.61 Å². The van der Waals surface area contributed by atoms with Gasteiger partial charge in [0.1, 0.15) is 5.75 Å². The third-order valence-electron chi connectivity index (χ3n) is 5.45. The number of fused-ring (bicyclic) bond motifs is 1. The summed E-state index contributed by atoms with van der Waals surface area (Å²) >= 11 is 0. The van der Waals surface area contributed by atoms with Crippen molar-refractivity contribution < 1.29 is 4.74 Å².